The molecular weight excluding hydrogens is 313 g/mol. The first-order valence-electron chi connectivity index (χ1n) is 5.57. The van der Waals surface area contributed by atoms with Crippen LogP contribution >= 0.6 is 22.6 Å². The minimum atomic E-state index is 0.403. The molecule has 0 spiro atoms. The van der Waals surface area contributed by atoms with Crippen molar-refractivity contribution in [2.24, 2.45) is 0 Å². The molecule has 1 aliphatic heterocycles. The summed E-state index contributed by atoms with van der Waals surface area (Å²) < 4.78 is 1.20. The molecule has 1 atom stereocenters. The fourth-order valence-corrected chi connectivity index (χ4v) is 2.24. The predicted molar refractivity (Wildman–Crippen MR) is 75.0 cm³/mol. The molecule has 0 aromatic heterocycles. The van der Waals surface area contributed by atoms with Crippen molar-refractivity contribution in [2.45, 2.75) is 18.9 Å². The molecule has 2 rings (SSSR count). The van der Waals surface area contributed by atoms with Gasteiger partial charge in [0.2, 0.25) is 0 Å². The Kier molecular flexibility index (Phi) is 4.17. The second-order valence-corrected chi connectivity index (χ2v) is 5.32. The largest absolute Gasteiger partial charge is 0.366 e. The van der Waals surface area contributed by atoms with Crippen LogP contribution in [0.2, 0.25) is 0 Å². The first-order chi connectivity index (χ1) is 7.75. The molecule has 0 amide bonds. The van der Waals surface area contributed by atoms with Crippen molar-refractivity contribution in [1.82, 2.24) is 10.6 Å². The van der Waals surface area contributed by atoms with Crippen molar-refractivity contribution >= 4 is 28.4 Å². The third kappa shape index (κ3) is 3.18. The van der Waals surface area contributed by atoms with Gasteiger partial charge in [-0.15, -0.1) is 0 Å². The summed E-state index contributed by atoms with van der Waals surface area (Å²) in [6.45, 7) is 2.07. The van der Waals surface area contributed by atoms with Crippen LogP contribution in [0.1, 0.15) is 18.4 Å². The van der Waals surface area contributed by atoms with Crippen LogP contribution in [0.5, 0.6) is 0 Å². The van der Waals surface area contributed by atoms with Crippen LogP contribution in [-0.4, -0.2) is 25.0 Å². The first kappa shape index (κ1) is 11.9. The quantitative estimate of drug-likeness (QED) is 0.441. The monoisotopic (exact) mass is 329 g/mol. The minimum absolute atomic E-state index is 0.403. The molecule has 1 heterocycles. The molecule has 0 bridgehead atoms. The molecule has 3 nitrogen and oxygen atoms in total. The molecule has 0 radical (unpaired) electrons. The van der Waals surface area contributed by atoms with Gasteiger partial charge in [0, 0.05) is 21.7 Å². The second kappa shape index (κ2) is 5.63. The molecule has 0 aliphatic carbocycles. The standard InChI is InChI=1S/C12H16IN3/c13-10-5-3-9(4-6-10)12(14)16-11-2-1-7-15-8-11/h3-6,11,15H,1-2,7-8H2,(H2,14,16). The van der Waals surface area contributed by atoms with Gasteiger partial charge < -0.3 is 10.6 Å². The summed E-state index contributed by atoms with van der Waals surface area (Å²) in [7, 11) is 0. The molecule has 86 valence electrons. The lowest BCUT2D eigenvalue weighted by molar-refractivity contribution is 0.431. The number of piperidine rings is 1. The molecule has 1 aromatic rings. The van der Waals surface area contributed by atoms with Gasteiger partial charge in [0.15, 0.2) is 0 Å². The summed E-state index contributed by atoms with van der Waals surface area (Å²) in [5.74, 6) is 0.533. The van der Waals surface area contributed by atoms with Crippen LogP contribution in [0.4, 0.5) is 0 Å². The topological polar surface area (TPSA) is 47.9 Å². The number of halogens is 1. The average Bonchev–Trinajstić information content (AvgIpc) is 2.31. The number of hydrogen-bond acceptors (Lipinski definition) is 2. The third-order valence-electron chi connectivity index (χ3n) is 2.78. The maximum absolute atomic E-state index is 8.00. The van der Waals surface area contributed by atoms with Crippen molar-refractivity contribution < 1.29 is 0 Å². The second-order valence-electron chi connectivity index (χ2n) is 4.07. The van der Waals surface area contributed by atoms with E-state index >= 15 is 0 Å². The highest BCUT2D eigenvalue weighted by Gasteiger charge is 2.13. The van der Waals surface area contributed by atoms with E-state index in [1.54, 1.807) is 0 Å². The summed E-state index contributed by atoms with van der Waals surface area (Å²) in [4.78, 5) is 0. The zero-order valence-electron chi connectivity index (χ0n) is 9.09. The van der Waals surface area contributed by atoms with Gasteiger partial charge in [0.05, 0.1) is 0 Å². The third-order valence-corrected chi connectivity index (χ3v) is 3.50. The lowest BCUT2D eigenvalue weighted by Crippen LogP contribution is -2.45. The molecule has 3 N–H and O–H groups in total. The van der Waals surface area contributed by atoms with E-state index in [4.69, 9.17) is 5.41 Å². The lowest BCUT2D eigenvalue weighted by Gasteiger charge is -2.25. The van der Waals surface area contributed by atoms with Crippen molar-refractivity contribution in [1.29, 1.82) is 5.41 Å². The van der Waals surface area contributed by atoms with E-state index in [1.165, 1.54) is 9.99 Å². The van der Waals surface area contributed by atoms with Crippen LogP contribution in [0.25, 0.3) is 0 Å². The van der Waals surface area contributed by atoms with E-state index < -0.39 is 0 Å². The maximum atomic E-state index is 8.00. The molecule has 4 heteroatoms. The van der Waals surface area contributed by atoms with E-state index in [1.807, 2.05) is 24.3 Å². The van der Waals surface area contributed by atoms with E-state index in [0.717, 1.165) is 25.1 Å². The fraction of sp³-hybridized carbons (Fsp3) is 0.417. The molecule has 1 fully saturated rings. The molecular formula is C12H16IN3. The molecule has 1 saturated heterocycles. The summed E-state index contributed by atoms with van der Waals surface area (Å²) in [5, 5.41) is 14.6. The lowest BCUT2D eigenvalue weighted by atomic mass is 10.1. The van der Waals surface area contributed by atoms with Crippen molar-refractivity contribution in [3.63, 3.8) is 0 Å². The predicted octanol–water partition coefficient (Wildman–Crippen LogP) is 1.96. The number of rotatable bonds is 2. The number of hydrogen-bond donors (Lipinski definition) is 3. The van der Waals surface area contributed by atoms with Crippen molar-refractivity contribution in [3.05, 3.63) is 33.4 Å². The van der Waals surface area contributed by atoms with Gasteiger partial charge >= 0.3 is 0 Å². The minimum Gasteiger partial charge on any atom is -0.366 e. The molecule has 1 unspecified atom stereocenters. The van der Waals surface area contributed by atoms with Crippen LogP contribution in [0, 0.1) is 8.98 Å². The Bertz CT molecular complexity index is 355. The Labute approximate surface area is 110 Å². The Hall–Kier alpha value is -0.620. The zero-order chi connectivity index (χ0) is 11.4. The Morgan fingerprint density at radius 3 is 2.75 bits per heavy atom. The van der Waals surface area contributed by atoms with Gasteiger partial charge in [-0.05, 0) is 54.1 Å². The number of nitrogens with one attached hydrogen (secondary N) is 3. The van der Waals surface area contributed by atoms with Gasteiger partial charge in [-0.25, -0.2) is 0 Å². The van der Waals surface area contributed by atoms with Gasteiger partial charge in [0.1, 0.15) is 5.84 Å². The highest BCUT2D eigenvalue weighted by molar-refractivity contribution is 14.1. The van der Waals surface area contributed by atoms with Crippen molar-refractivity contribution in [2.75, 3.05) is 13.1 Å². The van der Waals surface area contributed by atoms with Crippen LogP contribution in [0.3, 0.4) is 0 Å². The Balaban J connectivity index is 1.94. The average molecular weight is 329 g/mol. The van der Waals surface area contributed by atoms with Crippen LogP contribution in [-0.2, 0) is 0 Å². The Morgan fingerprint density at radius 1 is 1.38 bits per heavy atom. The Morgan fingerprint density at radius 2 is 2.12 bits per heavy atom. The van der Waals surface area contributed by atoms with Gasteiger partial charge in [-0.3, -0.25) is 5.41 Å². The van der Waals surface area contributed by atoms with Crippen LogP contribution < -0.4 is 10.6 Å². The molecule has 16 heavy (non-hydrogen) atoms. The van der Waals surface area contributed by atoms with Crippen LogP contribution in [0.15, 0.2) is 24.3 Å². The van der Waals surface area contributed by atoms with E-state index in [0.29, 0.717) is 11.9 Å². The van der Waals surface area contributed by atoms with E-state index in [2.05, 4.69) is 33.2 Å². The highest BCUT2D eigenvalue weighted by atomic mass is 127. The summed E-state index contributed by atoms with van der Waals surface area (Å²) >= 11 is 2.27. The van der Waals surface area contributed by atoms with Gasteiger partial charge in [0.25, 0.3) is 0 Å². The van der Waals surface area contributed by atoms with E-state index in [-0.39, 0.29) is 0 Å². The SMILES string of the molecule is N=C(NC1CCCNC1)c1ccc(I)cc1. The molecule has 0 saturated carbocycles. The highest BCUT2D eigenvalue weighted by Crippen LogP contribution is 2.08. The van der Waals surface area contributed by atoms with Crippen molar-refractivity contribution in [3.8, 4) is 0 Å². The van der Waals surface area contributed by atoms with Gasteiger partial charge in [-0.1, -0.05) is 12.1 Å². The number of benzene rings is 1. The van der Waals surface area contributed by atoms with Gasteiger partial charge in [-0.2, -0.15) is 0 Å². The first-order valence-corrected chi connectivity index (χ1v) is 6.65. The number of amidine groups is 1. The zero-order valence-corrected chi connectivity index (χ0v) is 11.3. The summed E-state index contributed by atoms with van der Waals surface area (Å²) in [5.41, 5.74) is 0.964. The summed E-state index contributed by atoms with van der Waals surface area (Å²) in [6, 6.07) is 8.46. The maximum Gasteiger partial charge on any atom is 0.125 e. The molecule has 1 aliphatic rings. The smallest absolute Gasteiger partial charge is 0.125 e. The van der Waals surface area contributed by atoms with E-state index in [9.17, 15) is 0 Å². The fourth-order valence-electron chi connectivity index (χ4n) is 1.88. The normalized spacial score (nSPS) is 20.4. The molecule has 1 aromatic carbocycles. The summed E-state index contributed by atoms with van der Waals surface area (Å²) in [6.07, 6.45) is 2.34.